The lowest BCUT2D eigenvalue weighted by atomic mass is 10.1. The van der Waals surface area contributed by atoms with Crippen molar-refractivity contribution in [3.8, 4) is 5.75 Å². The first kappa shape index (κ1) is 13.7. The normalized spacial score (nSPS) is 12.5. The highest BCUT2D eigenvalue weighted by atomic mass is 35.5. The molecular formula is C12H16ClFOS. The van der Waals surface area contributed by atoms with Crippen molar-refractivity contribution in [3.63, 3.8) is 0 Å². The SMILES string of the molecule is CC(CCS)CCOc1ccc(F)c(Cl)c1. The van der Waals surface area contributed by atoms with Crippen LogP contribution in [0.2, 0.25) is 5.02 Å². The molecule has 1 nitrogen and oxygen atoms in total. The van der Waals surface area contributed by atoms with E-state index >= 15 is 0 Å². The quantitative estimate of drug-likeness (QED) is 0.756. The summed E-state index contributed by atoms with van der Waals surface area (Å²) in [6, 6.07) is 4.40. The second-order valence-corrected chi connectivity index (χ2v) is 4.68. The third-order valence-electron chi connectivity index (χ3n) is 2.39. The second kappa shape index (κ2) is 7.02. The van der Waals surface area contributed by atoms with Crippen molar-refractivity contribution in [1.29, 1.82) is 0 Å². The van der Waals surface area contributed by atoms with Crippen LogP contribution in [0.4, 0.5) is 4.39 Å². The van der Waals surface area contributed by atoms with Gasteiger partial charge in [-0.15, -0.1) is 0 Å². The van der Waals surface area contributed by atoms with Crippen LogP contribution in [0.1, 0.15) is 19.8 Å². The summed E-state index contributed by atoms with van der Waals surface area (Å²) in [5, 5.41) is 0.0981. The van der Waals surface area contributed by atoms with Crippen LogP contribution in [0, 0.1) is 11.7 Å². The standard InChI is InChI=1S/C12H16ClFOS/c1-9(5-7-16)4-6-15-10-2-3-12(14)11(13)8-10/h2-3,8-9,16H,4-7H2,1H3. The zero-order valence-electron chi connectivity index (χ0n) is 9.25. The van der Waals surface area contributed by atoms with Crippen LogP contribution in [0.5, 0.6) is 5.75 Å². The maximum atomic E-state index is 12.9. The summed E-state index contributed by atoms with van der Waals surface area (Å²) >= 11 is 9.82. The molecule has 0 spiro atoms. The number of benzene rings is 1. The monoisotopic (exact) mass is 262 g/mol. The minimum Gasteiger partial charge on any atom is -0.494 e. The van der Waals surface area contributed by atoms with Crippen molar-refractivity contribution < 1.29 is 9.13 Å². The van der Waals surface area contributed by atoms with Crippen molar-refractivity contribution in [3.05, 3.63) is 29.0 Å². The van der Waals surface area contributed by atoms with Gasteiger partial charge in [0.05, 0.1) is 11.6 Å². The predicted molar refractivity (Wildman–Crippen MR) is 69.2 cm³/mol. The Balaban J connectivity index is 2.34. The molecule has 0 radical (unpaired) electrons. The highest BCUT2D eigenvalue weighted by Crippen LogP contribution is 2.21. The molecule has 0 heterocycles. The number of ether oxygens (including phenoxy) is 1. The van der Waals surface area contributed by atoms with Gasteiger partial charge in [0.25, 0.3) is 0 Å². The molecule has 1 aromatic rings. The molecule has 0 aliphatic rings. The van der Waals surface area contributed by atoms with Gasteiger partial charge in [-0.05, 0) is 36.6 Å². The van der Waals surface area contributed by atoms with E-state index in [1.165, 1.54) is 12.1 Å². The fourth-order valence-electron chi connectivity index (χ4n) is 1.31. The maximum absolute atomic E-state index is 12.9. The van der Waals surface area contributed by atoms with Crippen molar-refractivity contribution in [2.75, 3.05) is 12.4 Å². The number of halogens is 2. The Bertz CT molecular complexity index is 333. The van der Waals surface area contributed by atoms with E-state index in [2.05, 4.69) is 19.6 Å². The van der Waals surface area contributed by atoms with Gasteiger partial charge in [-0.25, -0.2) is 4.39 Å². The first-order chi connectivity index (χ1) is 7.63. The number of hydrogen-bond donors (Lipinski definition) is 1. The molecule has 0 amide bonds. The third kappa shape index (κ3) is 4.62. The Kier molecular flexibility index (Phi) is 5.99. The zero-order valence-corrected chi connectivity index (χ0v) is 10.9. The molecule has 0 saturated carbocycles. The minimum absolute atomic E-state index is 0.0981. The molecule has 0 fully saturated rings. The smallest absolute Gasteiger partial charge is 0.142 e. The summed E-state index contributed by atoms with van der Waals surface area (Å²) in [6.07, 6.45) is 2.05. The van der Waals surface area contributed by atoms with E-state index in [0.29, 0.717) is 18.3 Å². The second-order valence-electron chi connectivity index (χ2n) is 3.83. The molecule has 0 aliphatic heterocycles. The molecule has 0 saturated heterocycles. The van der Waals surface area contributed by atoms with Gasteiger partial charge in [0.15, 0.2) is 0 Å². The van der Waals surface area contributed by atoms with Crippen LogP contribution in [0.3, 0.4) is 0 Å². The van der Waals surface area contributed by atoms with Gasteiger partial charge < -0.3 is 4.74 Å². The van der Waals surface area contributed by atoms with Gasteiger partial charge in [0.1, 0.15) is 11.6 Å². The fraction of sp³-hybridized carbons (Fsp3) is 0.500. The highest BCUT2D eigenvalue weighted by molar-refractivity contribution is 7.80. The molecule has 1 atom stereocenters. The van der Waals surface area contributed by atoms with Crippen molar-refractivity contribution in [1.82, 2.24) is 0 Å². The zero-order chi connectivity index (χ0) is 12.0. The van der Waals surface area contributed by atoms with E-state index < -0.39 is 5.82 Å². The summed E-state index contributed by atoms with van der Waals surface area (Å²) in [4.78, 5) is 0. The molecule has 4 heteroatoms. The molecular weight excluding hydrogens is 247 g/mol. The van der Waals surface area contributed by atoms with Gasteiger partial charge in [0.2, 0.25) is 0 Å². The average Bonchev–Trinajstić information content (AvgIpc) is 2.24. The first-order valence-electron chi connectivity index (χ1n) is 5.32. The molecule has 1 rings (SSSR count). The molecule has 90 valence electrons. The lowest BCUT2D eigenvalue weighted by Crippen LogP contribution is -2.04. The molecule has 0 N–H and O–H groups in total. The highest BCUT2D eigenvalue weighted by Gasteiger charge is 2.03. The van der Waals surface area contributed by atoms with Gasteiger partial charge in [-0.3, -0.25) is 0 Å². The predicted octanol–water partition coefficient (Wildman–Crippen LogP) is 4.20. The fourth-order valence-corrected chi connectivity index (χ4v) is 1.92. The number of thiol groups is 1. The lowest BCUT2D eigenvalue weighted by Gasteiger charge is -2.11. The Morgan fingerprint density at radius 1 is 1.44 bits per heavy atom. The van der Waals surface area contributed by atoms with E-state index in [1.807, 2.05) is 0 Å². The van der Waals surface area contributed by atoms with E-state index in [0.717, 1.165) is 18.6 Å². The number of rotatable bonds is 6. The largest absolute Gasteiger partial charge is 0.494 e. The Hall–Kier alpha value is -0.410. The minimum atomic E-state index is -0.419. The van der Waals surface area contributed by atoms with Gasteiger partial charge in [-0.1, -0.05) is 18.5 Å². The van der Waals surface area contributed by atoms with Crippen LogP contribution in [0.25, 0.3) is 0 Å². The Morgan fingerprint density at radius 2 is 2.19 bits per heavy atom. The van der Waals surface area contributed by atoms with E-state index in [9.17, 15) is 4.39 Å². The summed E-state index contributed by atoms with van der Waals surface area (Å²) in [5.41, 5.74) is 0. The topological polar surface area (TPSA) is 9.23 Å². The van der Waals surface area contributed by atoms with Gasteiger partial charge >= 0.3 is 0 Å². The molecule has 0 aromatic heterocycles. The van der Waals surface area contributed by atoms with Crippen LogP contribution < -0.4 is 4.74 Å². The van der Waals surface area contributed by atoms with Crippen molar-refractivity contribution >= 4 is 24.2 Å². The van der Waals surface area contributed by atoms with E-state index in [4.69, 9.17) is 16.3 Å². The van der Waals surface area contributed by atoms with Gasteiger partial charge in [-0.2, -0.15) is 12.6 Å². The summed E-state index contributed by atoms with van der Waals surface area (Å²) < 4.78 is 18.3. The molecule has 0 aliphatic carbocycles. The summed E-state index contributed by atoms with van der Waals surface area (Å²) in [6.45, 7) is 2.79. The van der Waals surface area contributed by atoms with Gasteiger partial charge in [0, 0.05) is 6.07 Å². The average molecular weight is 263 g/mol. The summed E-state index contributed by atoms with van der Waals surface area (Å²) in [5.74, 6) is 1.68. The maximum Gasteiger partial charge on any atom is 0.142 e. The molecule has 1 aromatic carbocycles. The van der Waals surface area contributed by atoms with E-state index in [1.54, 1.807) is 6.07 Å². The molecule has 1 unspecified atom stereocenters. The Morgan fingerprint density at radius 3 is 2.81 bits per heavy atom. The number of hydrogen-bond acceptors (Lipinski definition) is 2. The molecule has 0 bridgehead atoms. The first-order valence-corrected chi connectivity index (χ1v) is 6.33. The van der Waals surface area contributed by atoms with E-state index in [-0.39, 0.29) is 5.02 Å². The van der Waals surface area contributed by atoms with Crippen LogP contribution in [-0.2, 0) is 0 Å². The molecule has 16 heavy (non-hydrogen) atoms. The van der Waals surface area contributed by atoms with Crippen molar-refractivity contribution in [2.45, 2.75) is 19.8 Å². The van der Waals surface area contributed by atoms with Crippen molar-refractivity contribution in [2.24, 2.45) is 5.92 Å². The Labute approximate surface area is 106 Å². The lowest BCUT2D eigenvalue weighted by molar-refractivity contribution is 0.282. The van der Waals surface area contributed by atoms with Crippen LogP contribution >= 0.6 is 24.2 Å². The summed E-state index contributed by atoms with van der Waals surface area (Å²) in [7, 11) is 0. The third-order valence-corrected chi connectivity index (χ3v) is 2.94. The van der Waals surface area contributed by atoms with Crippen LogP contribution in [0.15, 0.2) is 18.2 Å². The van der Waals surface area contributed by atoms with Crippen LogP contribution in [-0.4, -0.2) is 12.4 Å².